The maximum Gasteiger partial charge on any atom is 0.262 e. The van der Waals surface area contributed by atoms with Crippen LogP contribution in [0.15, 0.2) is 30.7 Å². The van der Waals surface area contributed by atoms with Crippen LogP contribution in [0.4, 0.5) is 5.82 Å². The second-order valence-corrected chi connectivity index (χ2v) is 7.17. The summed E-state index contributed by atoms with van der Waals surface area (Å²) < 4.78 is 5.16. The van der Waals surface area contributed by atoms with Crippen molar-refractivity contribution >= 4 is 33.3 Å². The van der Waals surface area contributed by atoms with Crippen molar-refractivity contribution in [1.29, 1.82) is 0 Å². The van der Waals surface area contributed by atoms with Crippen molar-refractivity contribution in [2.75, 3.05) is 19.0 Å². The Morgan fingerprint density at radius 1 is 1.30 bits per heavy atom. The van der Waals surface area contributed by atoms with Gasteiger partial charge in [-0.1, -0.05) is 13.0 Å². The molecule has 0 radical (unpaired) electrons. The van der Waals surface area contributed by atoms with Crippen LogP contribution in [0.25, 0.3) is 10.2 Å². The number of nitrogens with one attached hydrogen (secondary N) is 2. The third kappa shape index (κ3) is 4.40. The van der Waals surface area contributed by atoms with Gasteiger partial charge in [-0.3, -0.25) is 9.78 Å². The highest BCUT2D eigenvalue weighted by Gasteiger charge is 2.21. The van der Waals surface area contributed by atoms with Crippen LogP contribution < -0.4 is 10.6 Å². The minimum atomic E-state index is -0.102. The van der Waals surface area contributed by atoms with E-state index in [2.05, 4.69) is 25.6 Å². The highest BCUT2D eigenvalue weighted by Crippen LogP contribution is 2.33. The SMILES string of the molecule is CCC(COC)NC(=O)c1sc2ncnc(NCc3ccccn3)c2c1C. The lowest BCUT2D eigenvalue weighted by molar-refractivity contribution is 0.0898. The number of aromatic nitrogens is 3. The number of ether oxygens (including phenoxy) is 1. The zero-order valence-electron chi connectivity index (χ0n) is 15.7. The van der Waals surface area contributed by atoms with Gasteiger partial charge in [0.15, 0.2) is 0 Å². The Balaban J connectivity index is 1.85. The van der Waals surface area contributed by atoms with E-state index in [4.69, 9.17) is 4.74 Å². The van der Waals surface area contributed by atoms with Gasteiger partial charge in [0.1, 0.15) is 17.0 Å². The van der Waals surface area contributed by atoms with E-state index in [-0.39, 0.29) is 11.9 Å². The van der Waals surface area contributed by atoms with Crippen molar-refractivity contribution in [3.8, 4) is 0 Å². The first-order chi connectivity index (χ1) is 13.1. The zero-order valence-corrected chi connectivity index (χ0v) is 16.5. The van der Waals surface area contributed by atoms with Crippen LogP contribution in [-0.4, -0.2) is 40.6 Å². The van der Waals surface area contributed by atoms with Crippen LogP contribution in [-0.2, 0) is 11.3 Å². The Kier molecular flexibility index (Phi) is 6.31. The molecule has 1 amide bonds. The first-order valence-electron chi connectivity index (χ1n) is 8.81. The predicted molar refractivity (Wildman–Crippen MR) is 107 cm³/mol. The van der Waals surface area contributed by atoms with Crippen molar-refractivity contribution in [3.05, 3.63) is 46.9 Å². The van der Waals surface area contributed by atoms with Gasteiger partial charge in [-0.15, -0.1) is 11.3 Å². The smallest absolute Gasteiger partial charge is 0.262 e. The Hall–Kier alpha value is -2.58. The van der Waals surface area contributed by atoms with Crippen molar-refractivity contribution in [2.45, 2.75) is 32.9 Å². The Morgan fingerprint density at radius 3 is 2.85 bits per heavy atom. The van der Waals surface area contributed by atoms with Gasteiger partial charge in [-0.25, -0.2) is 9.97 Å². The van der Waals surface area contributed by atoms with E-state index in [0.29, 0.717) is 23.8 Å². The summed E-state index contributed by atoms with van der Waals surface area (Å²) in [6, 6.07) is 5.76. The van der Waals surface area contributed by atoms with Crippen LogP contribution in [0.3, 0.4) is 0 Å². The molecule has 0 fully saturated rings. The summed E-state index contributed by atoms with van der Waals surface area (Å²) in [6.45, 7) is 4.99. The number of carbonyl (C=O) groups excluding carboxylic acids is 1. The lowest BCUT2D eigenvalue weighted by Crippen LogP contribution is -2.37. The molecule has 0 aliphatic carbocycles. The molecule has 0 aromatic carbocycles. The molecule has 3 aromatic heterocycles. The quantitative estimate of drug-likeness (QED) is 0.619. The second-order valence-electron chi connectivity index (χ2n) is 6.17. The molecule has 3 rings (SSSR count). The number of hydrogen-bond donors (Lipinski definition) is 2. The van der Waals surface area contributed by atoms with E-state index in [1.165, 1.54) is 17.7 Å². The highest BCUT2D eigenvalue weighted by atomic mass is 32.1. The van der Waals surface area contributed by atoms with E-state index in [1.54, 1.807) is 13.3 Å². The molecule has 2 N–H and O–H groups in total. The number of carbonyl (C=O) groups is 1. The summed E-state index contributed by atoms with van der Waals surface area (Å²) in [6.07, 6.45) is 4.08. The summed E-state index contributed by atoms with van der Waals surface area (Å²) in [4.78, 5) is 27.2. The molecule has 142 valence electrons. The summed E-state index contributed by atoms with van der Waals surface area (Å²) in [7, 11) is 1.63. The van der Waals surface area contributed by atoms with Gasteiger partial charge in [0.2, 0.25) is 0 Å². The minimum Gasteiger partial charge on any atom is -0.383 e. The third-order valence-electron chi connectivity index (χ3n) is 4.29. The number of aryl methyl sites for hydroxylation is 1. The molecule has 7 nitrogen and oxygen atoms in total. The molecule has 8 heteroatoms. The molecular weight excluding hydrogens is 362 g/mol. The number of amides is 1. The number of rotatable bonds is 8. The average Bonchev–Trinajstić information content (AvgIpc) is 3.04. The normalized spacial score (nSPS) is 12.1. The second kappa shape index (κ2) is 8.88. The fourth-order valence-electron chi connectivity index (χ4n) is 2.81. The summed E-state index contributed by atoms with van der Waals surface area (Å²) in [5.41, 5.74) is 1.80. The lowest BCUT2D eigenvalue weighted by Gasteiger charge is -2.15. The number of hydrogen-bond acceptors (Lipinski definition) is 7. The molecule has 0 saturated heterocycles. The van der Waals surface area contributed by atoms with Gasteiger partial charge in [0.25, 0.3) is 5.91 Å². The van der Waals surface area contributed by atoms with E-state index >= 15 is 0 Å². The molecule has 1 unspecified atom stereocenters. The van der Waals surface area contributed by atoms with Crippen molar-refractivity contribution in [1.82, 2.24) is 20.3 Å². The van der Waals surface area contributed by atoms with Crippen LogP contribution >= 0.6 is 11.3 Å². The molecule has 3 heterocycles. The fourth-order valence-corrected chi connectivity index (χ4v) is 3.86. The Bertz CT molecular complexity index is 913. The van der Waals surface area contributed by atoms with Gasteiger partial charge in [0.05, 0.1) is 35.2 Å². The Morgan fingerprint density at radius 2 is 2.15 bits per heavy atom. The number of nitrogens with zero attached hydrogens (tertiary/aromatic N) is 3. The van der Waals surface area contributed by atoms with Gasteiger partial charge >= 0.3 is 0 Å². The molecule has 3 aromatic rings. The molecular formula is C19H23N5O2S. The maximum atomic E-state index is 12.7. The molecule has 0 aliphatic rings. The topological polar surface area (TPSA) is 89.0 Å². The number of fused-ring (bicyclic) bond motifs is 1. The summed E-state index contributed by atoms with van der Waals surface area (Å²) in [5, 5.41) is 7.22. The zero-order chi connectivity index (χ0) is 19.2. The largest absolute Gasteiger partial charge is 0.383 e. The predicted octanol–water partition coefficient (Wildman–Crippen LogP) is 3.16. The Labute approximate surface area is 162 Å². The molecule has 0 aliphatic heterocycles. The van der Waals surface area contributed by atoms with E-state index < -0.39 is 0 Å². The summed E-state index contributed by atoms with van der Waals surface area (Å²) in [5.74, 6) is 0.609. The molecule has 0 spiro atoms. The van der Waals surface area contributed by atoms with Gasteiger partial charge in [-0.05, 0) is 31.0 Å². The lowest BCUT2D eigenvalue weighted by atomic mass is 10.1. The number of thiophene rings is 1. The van der Waals surface area contributed by atoms with Crippen molar-refractivity contribution in [3.63, 3.8) is 0 Å². The van der Waals surface area contributed by atoms with Gasteiger partial charge in [-0.2, -0.15) is 0 Å². The van der Waals surface area contributed by atoms with Crippen LogP contribution in [0.2, 0.25) is 0 Å². The number of methoxy groups -OCH3 is 1. The monoisotopic (exact) mass is 385 g/mol. The van der Waals surface area contributed by atoms with Crippen LogP contribution in [0.1, 0.15) is 34.3 Å². The molecule has 0 bridgehead atoms. The van der Waals surface area contributed by atoms with Crippen molar-refractivity contribution in [2.24, 2.45) is 0 Å². The third-order valence-corrected chi connectivity index (χ3v) is 5.49. The van der Waals surface area contributed by atoms with Crippen LogP contribution in [0, 0.1) is 6.92 Å². The van der Waals surface area contributed by atoms with E-state index in [9.17, 15) is 4.79 Å². The molecule has 0 saturated carbocycles. The van der Waals surface area contributed by atoms with E-state index in [0.717, 1.165) is 27.9 Å². The molecule has 1 atom stereocenters. The van der Waals surface area contributed by atoms with Gasteiger partial charge < -0.3 is 15.4 Å². The minimum absolute atomic E-state index is 0.0139. The van der Waals surface area contributed by atoms with E-state index in [1.807, 2.05) is 32.0 Å². The summed E-state index contributed by atoms with van der Waals surface area (Å²) >= 11 is 1.38. The maximum absolute atomic E-state index is 12.7. The first kappa shape index (κ1) is 19.2. The average molecular weight is 385 g/mol. The highest BCUT2D eigenvalue weighted by molar-refractivity contribution is 7.20. The van der Waals surface area contributed by atoms with Crippen molar-refractivity contribution < 1.29 is 9.53 Å². The first-order valence-corrected chi connectivity index (χ1v) is 9.63. The molecule has 27 heavy (non-hydrogen) atoms. The fraction of sp³-hybridized carbons (Fsp3) is 0.368. The number of anilines is 1. The number of pyridine rings is 1. The van der Waals surface area contributed by atoms with Crippen LogP contribution in [0.5, 0.6) is 0 Å². The van der Waals surface area contributed by atoms with Gasteiger partial charge in [0, 0.05) is 13.3 Å². The standard InChI is InChI=1S/C19H23N5O2S/c1-4-13(10-26-3)24-18(25)16-12(2)15-17(22-11-23-19(15)27-16)21-9-14-7-5-6-8-20-14/h5-8,11,13H,4,9-10H2,1-3H3,(H,24,25)(H,21,22,23).